The number of aromatic nitrogens is 1. The van der Waals surface area contributed by atoms with E-state index in [9.17, 15) is 9.59 Å². The Morgan fingerprint density at radius 2 is 2.33 bits per heavy atom. The van der Waals surface area contributed by atoms with Gasteiger partial charge in [0, 0.05) is 20.0 Å². The van der Waals surface area contributed by atoms with Crippen LogP contribution in [0, 0.1) is 0 Å². The number of oxazole rings is 1. The number of aliphatic carboxylic acids is 1. The maximum atomic E-state index is 11.5. The van der Waals surface area contributed by atoms with E-state index in [1.54, 1.807) is 7.05 Å². The summed E-state index contributed by atoms with van der Waals surface area (Å²) in [5.41, 5.74) is 0. The maximum Gasteiger partial charge on any atom is 0.303 e. The molecule has 82 valence electrons. The molecule has 1 rings (SSSR count). The van der Waals surface area contributed by atoms with E-state index >= 15 is 0 Å². The second kappa shape index (κ2) is 5.14. The van der Waals surface area contributed by atoms with Gasteiger partial charge in [0.25, 0.3) is 5.91 Å². The molecule has 1 N–H and O–H groups in total. The fourth-order valence-electron chi connectivity index (χ4n) is 1.08. The van der Waals surface area contributed by atoms with Crippen LogP contribution in [0.3, 0.4) is 0 Å². The highest BCUT2D eigenvalue weighted by molar-refractivity contribution is 5.90. The van der Waals surface area contributed by atoms with Crippen molar-refractivity contribution in [3.05, 3.63) is 18.4 Å². The predicted molar refractivity (Wildman–Crippen MR) is 50.3 cm³/mol. The Hall–Kier alpha value is -1.85. The van der Waals surface area contributed by atoms with Crippen LogP contribution in [-0.2, 0) is 4.79 Å². The number of hydrogen-bond donors (Lipinski definition) is 1. The molecule has 0 unspecified atom stereocenters. The predicted octanol–water partition coefficient (Wildman–Crippen LogP) is 0.611. The zero-order valence-electron chi connectivity index (χ0n) is 8.34. The van der Waals surface area contributed by atoms with Crippen LogP contribution in [0.25, 0.3) is 0 Å². The van der Waals surface area contributed by atoms with Crippen LogP contribution in [0.1, 0.15) is 23.4 Å². The third kappa shape index (κ3) is 3.41. The lowest BCUT2D eigenvalue weighted by Crippen LogP contribution is -2.27. The second-order valence-corrected chi connectivity index (χ2v) is 3.09. The number of hydrogen-bond acceptors (Lipinski definition) is 4. The van der Waals surface area contributed by atoms with Gasteiger partial charge in [-0.05, 0) is 6.42 Å². The minimum absolute atomic E-state index is 0.0496. The first-order valence-electron chi connectivity index (χ1n) is 4.47. The van der Waals surface area contributed by atoms with Gasteiger partial charge in [-0.15, -0.1) is 0 Å². The van der Waals surface area contributed by atoms with E-state index in [0.717, 1.165) is 0 Å². The van der Waals surface area contributed by atoms with Crippen LogP contribution in [0.5, 0.6) is 0 Å². The van der Waals surface area contributed by atoms with Gasteiger partial charge in [-0.1, -0.05) is 0 Å². The van der Waals surface area contributed by atoms with Crippen molar-refractivity contribution in [3.8, 4) is 0 Å². The summed E-state index contributed by atoms with van der Waals surface area (Å²) in [6, 6.07) is 0. The van der Waals surface area contributed by atoms with Crippen molar-refractivity contribution in [3.63, 3.8) is 0 Å². The molecule has 1 aromatic rings. The third-order valence-electron chi connectivity index (χ3n) is 1.87. The average Bonchev–Trinajstić information content (AvgIpc) is 2.68. The molecule has 1 aromatic heterocycles. The van der Waals surface area contributed by atoms with Crippen molar-refractivity contribution in [2.24, 2.45) is 0 Å². The maximum absolute atomic E-state index is 11.5. The van der Waals surface area contributed by atoms with E-state index in [4.69, 9.17) is 9.52 Å². The molecule has 0 aromatic carbocycles. The molecule has 15 heavy (non-hydrogen) atoms. The summed E-state index contributed by atoms with van der Waals surface area (Å²) in [7, 11) is 1.59. The first-order chi connectivity index (χ1) is 7.11. The van der Waals surface area contributed by atoms with E-state index in [0.29, 0.717) is 13.0 Å². The van der Waals surface area contributed by atoms with Gasteiger partial charge >= 0.3 is 5.97 Å². The minimum Gasteiger partial charge on any atom is -0.481 e. The summed E-state index contributed by atoms with van der Waals surface area (Å²) in [5, 5.41) is 8.42. The standard InChI is InChI=1S/C9H12N2O4/c1-11(4-2-3-8(12)13)9(14)7-5-10-6-15-7/h5-6H,2-4H2,1H3,(H,12,13). The van der Waals surface area contributed by atoms with Crippen molar-refractivity contribution < 1.29 is 19.1 Å². The number of carboxylic acid groups (broad SMARTS) is 1. The van der Waals surface area contributed by atoms with E-state index in [1.165, 1.54) is 17.5 Å². The smallest absolute Gasteiger partial charge is 0.303 e. The Kier molecular flexibility index (Phi) is 3.84. The Morgan fingerprint density at radius 3 is 2.87 bits per heavy atom. The Balaban J connectivity index is 2.37. The largest absolute Gasteiger partial charge is 0.481 e. The van der Waals surface area contributed by atoms with Crippen LogP contribution >= 0.6 is 0 Å². The molecule has 0 saturated heterocycles. The molecule has 6 heteroatoms. The molecule has 6 nitrogen and oxygen atoms in total. The van der Waals surface area contributed by atoms with Gasteiger partial charge in [0.05, 0.1) is 6.20 Å². The third-order valence-corrected chi connectivity index (χ3v) is 1.87. The van der Waals surface area contributed by atoms with Gasteiger partial charge in [0.1, 0.15) is 0 Å². The van der Waals surface area contributed by atoms with Crippen LogP contribution in [0.15, 0.2) is 17.0 Å². The van der Waals surface area contributed by atoms with Crippen molar-refractivity contribution in [2.75, 3.05) is 13.6 Å². The van der Waals surface area contributed by atoms with E-state index in [-0.39, 0.29) is 18.1 Å². The summed E-state index contributed by atoms with van der Waals surface area (Å²) in [6.07, 6.45) is 2.98. The molecule has 0 bridgehead atoms. The molecule has 0 atom stereocenters. The minimum atomic E-state index is -0.865. The summed E-state index contributed by atoms with van der Waals surface area (Å²) >= 11 is 0. The normalized spacial score (nSPS) is 9.93. The first-order valence-corrected chi connectivity index (χ1v) is 4.47. The lowest BCUT2D eigenvalue weighted by atomic mass is 10.3. The van der Waals surface area contributed by atoms with Crippen LogP contribution in [0.2, 0.25) is 0 Å². The quantitative estimate of drug-likeness (QED) is 0.773. The molecular weight excluding hydrogens is 200 g/mol. The molecule has 0 spiro atoms. The topological polar surface area (TPSA) is 83.6 Å². The van der Waals surface area contributed by atoms with Crippen LogP contribution in [-0.4, -0.2) is 40.5 Å². The molecule has 0 radical (unpaired) electrons. The van der Waals surface area contributed by atoms with E-state index in [1.807, 2.05) is 0 Å². The molecule has 0 saturated carbocycles. The zero-order chi connectivity index (χ0) is 11.3. The van der Waals surface area contributed by atoms with Crippen molar-refractivity contribution in [2.45, 2.75) is 12.8 Å². The molecule has 1 amide bonds. The van der Waals surface area contributed by atoms with Gasteiger partial charge < -0.3 is 14.4 Å². The second-order valence-electron chi connectivity index (χ2n) is 3.09. The fraction of sp³-hybridized carbons (Fsp3) is 0.444. The monoisotopic (exact) mass is 212 g/mol. The van der Waals surface area contributed by atoms with Crippen LogP contribution in [0.4, 0.5) is 0 Å². The molecule has 0 aliphatic heterocycles. The number of carbonyl (C=O) groups excluding carboxylic acids is 1. The van der Waals surface area contributed by atoms with Gasteiger partial charge in [-0.3, -0.25) is 9.59 Å². The molecule has 1 heterocycles. The summed E-state index contributed by atoms with van der Waals surface area (Å²) in [4.78, 5) is 26.8. The van der Waals surface area contributed by atoms with Gasteiger partial charge in [0.15, 0.2) is 6.39 Å². The van der Waals surface area contributed by atoms with Gasteiger partial charge in [-0.25, -0.2) is 4.98 Å². The fourth-order valence-corrected chi connectivity index (χ4v) is 1.08. The SMILES string of the molecule is CN(CCCC(=O)O)C(=O)c1cnco1. The zero-order valence-corrected chi connectivity index (χ0v) is 8.34. The summed E-state index contributed by atoms with van der Waals surface area (Å²) in [6.45, 7) is 0.381. The molecule has 0 fully saturated rings. The van der Waals surface area contributed by atoms with Gasteiger partial charge in [0.2, 0.25) is 5.76 Å². The molecular formula is C9H12N2O4. The van der Waals surface area contributed by atoms with E-state index < -0.39 is 5.97 Å². The number of carbonyl (C=O) groups is 2. The molecule has 0 aliphatic carbocycles. The Morgan fingerprint density at radius 1 is 1.60 bits per heavy atom. The lowest BCUT2D eigenvalue weighted by Gasteiger charge is -2.14. The highest BCUT2D eigenvalue weighted by Crippen LogP contribution is 2.03. The highest BCUT2D eigenvalue weighted by atomic mass is 16.4. The number of amides is 1. The van der Waals surface area contributed by atoms with E-state index in [2.05, 4.69) is 4.98 Å². The molecule has 0 aliphatic rings. The highest BCUT2D eigenvalue weighted by Gasteiger charge is 2.14. The number of rotatable bonds is 5. The van der Waals surface area contributed by atoms with Gasteiger partial charge in [-0.2, -0.15) is 0 Å². The number of carboxylic acids is 1. The summed E-state index contributed by atoms with van der Waals surface area (Å²) < 4.78 is 4.83. The lowest BCUT2D eigenvalue weighted by molar-refractivity contribution is -0.137. The van der Waals surface area contributed by atoms with Crippen molar-refractivity contribution >= 4 is 11.9 Å². The first kappa shape index (κ1) is 11.2. The Labute approximate surface area is 86.5 Å². The average molecular weight is 212 g/mol. The van der Waals surface area contributed by atoms with Crippen LogP contribution < -0.4 is 0 Å². The summed E-state index contributed by atoms with van der Waals surface area (Å²) in [5.74, 6) is -0.999. The number of nitrogens with zero attached hydrogens (tertiary/aromatic N) is 2. The van der Waals surface area contributed by atoms with Crippen molar-refractivity contribution in [1.82, 2.24) is 9.88 Å². The van der Waals surface area contributed by atoms with Crippen molar-refractivity contribution in [1.29, 1.82) is 0 Å². The Bertz CT molecular complexity index is 334.